The standard InChI is InChI=1S/C27H30F2N8/c1-15(2)37-16(3)34-26-21(28)6-19(7-24(26)37)20-8-25(31-11-22(20)29)35-27-32-9-17(10-33-27)12-36-13-18-4-5-30-23(18)14-36/h6-11,15,18,23,30H,4-5,12-14H2,1-3H3,(H,31,32,33,35). The molecule has 8 nitrogen and oxygen atoms in total. The minimum atomic E-state index is -0.544. The van der Waals surface area contributed by atoms with Crippen molar-refractivity contribution in [2.24, 2.45) is 5.92 Å². The maximum atomic E-state index is 15.0. The maximum absolute atomic E-state index is 15.0. The van der Waals surface area contributed by atoms with Gasteiger partial charge in [0.05, 0.1) is 11.7 Å². The van der Waals surface area contributed by atoms with Crippen molar-refractivity contribution in [3.8, 4) is 11.1 Å². The summed E-state index contributed by atoms with van der Waals surface area (Å²) in [5, 5.41) is 6.61. The summed E-state index contributed by atoms with van der Waals surface area (Å²) in [4.78, 5) is 19.8. The van der Waals surface area contributed by atoms with Crippen LogP contribution in [-0.2, 0) is 6.54 Å². The van der Waals surface area contributed by atoms with Crippen molar-refractivity contribution in [1.82, 2.24) is 34.7 Å². The summed E-state index contributed by atoms with van der Waals surface area (Å²) in [6, 6.07) is 5.32. The average Bonchev–Trinajstić information content (AvgIpc) is 3.54. The zero-order chi connectivity index (χ0) is 25.7. The molecular formula is C27H30F2N8. The van der Waals surface area contributed by atoms with Crippen molar-refractivity contribution < 1.29 is 8.78 Å². The van der Waals surface area contributed by atoms with Crippen LogP contribution in [0.4, 0.5) is 20.5 Å². The van der Waals surface area contributed by atoms with E-state index in [1.54, 1.807) is 24.5 Å². The third kappa shape index (κ3) is 4.55. The van der Waals surface area contributed by atoms with Crippen molar-refractivity contribution in [3.63, 3.8) is 0 Å². The van der Waals surface area contributed by atoms with E-state index in [0.717, 1.165) is 43.9 Å². The fraction of sp³-hybridized carbons (Fsp3) is 0.407. The number of nitrogens with one attached hydrogen (secondary N) is 2. The molecular weight excluding hydrogens is 474 g/mol. The number of hydrogen-bond donors (Lipinski definition) is 2. The molecule has 0 amide bonds. The number of fused-ring (bicyclic) bond motifs is 2. The van der Waals surface area contributed by atoms with E-state index in [1.165, 1.54) is 12.5 Å². The van der Waals surface area contributed by atoms with E-state index in [2.05, 4.69) is 35.5 Å². The van der Waals surface area contributed by atoms with Gasteiger partial charge in [-0.2, -0.15) is 0 Å². The van der Waals surface area contributed by atoms with Gasteiger partial charge in [0, 0.05) is 55.2 Å². The number of anilines is 2. The topological polar surface area (TPSA) is 83.8 Å². The molecule has 192 valence electrons. The Labute approximate surface area is 214 Å². The van der Waals surface area contributed by atoms with Gasteiger partial charge in [-0.1, -0.05) is 0 Å². The van der Waals surface area contributed by atoms with E-state index in [-0.39, 0.29) is 17.1 Å². The molecule has 5 heterocycles. The fourth-order valence-electron chi connectivity index (χ4n) is 5.75. The number of benzene rings is 1. The van der Waals surface area contributed by atoms with Gasteiger partial charge in [-0.15, -0.1) is 0 Å². The van der Waals surface area contributed by atoms with Gasteiger partial charge in [0.25, 0.3) is 0 Å². The first-order valence-electron chi connectivity index (χ1n) is 12.7. The molecule has 0 spiro atoms. The highest BCUT2D eigenvalue weighted by Crippen LogP contribution is 2.32. The first kappa shape index (κ1) is 23.9. The van der Waals surface area contributed by atoms with Crippen LogP contribution in [0, 0.1) is 24.5 Å². The molecule has 2 aliphatic heterocycles. The molecule has 6 rings (SSSR count). The number of pyridine rings is 1. The van der Waals surface area contributed by atoms with Crippen LogP contribution in [0.1, 0.15) is 37.7 Å². The molecule has 37 heavy (non-hydrogen) atoms. The Hall–Kier alpha value is -3.50. The Morgan fingerprint density at radius 2 is 1.86 bits per heavy atom. The van der Waals surface area contributed by atoms with Crippen LogP contribution in [0.2, 0.25) is 0 Å². The Morgan fingerprint density at radius 1 is 1.05 bits per heavy atom. The summed E-state index contributed by atoms with van der Waals surface area (Å²) in [7, 11) is 0. The second-order valence-electron chi connectivity index (χ2n) is 10.3. The molecule has 0 radical (unpaired) electrons. The van der Waals surface area contributed by atoms with Crippen molar-refractivity contribution in [3.05, 3.63) is 59.8 Å². The summed E-state index contributed by atoms with van der Waals surface area (Å²) in [6.07, 6.45) is 5.98. The minimum absolute atomic E-state index is 0.0843. The number of aryl methyl sites for hydroxylation is 1. The van der Waals surface area contributed by atoms with E-state index in [1.807, 2.05) is 25.3 Å². The highest BCUT2D eigenvalue weighted by Gasteiger charge is 2.35. The van der Waals surface area contributed by atoms with Gasteiger partial charge in [0.2, 0.25) is 5.95 Å². The van der Waals surface area contributed by atoms with Crippen LogP contribution in [0.5, 0.6) is 0 Å². The summed E-state index contributed by atoms with van der Waals surface area (Å²) in [5.41, 5.74) is 2.60. The van der Waals surface area contributed by atoms with Gasteiger partial charge < -0.3 is 15.2 Å². The van der Waals surface area contributed by atoms with Crippen LogP contribution < -0.4 is 10.6 Å². The highest BCUT2D eigenvalue weighted by molar-refractivity contribution is 5.84. The van der Waals surface area contributed by atoms with Crippen LogP contribution in [0.25, 0.3) is 22.2 Å². The van der Waals surface area contributed by atoms with Gasteiger partial charge in [-0.05, 0) is 63.4 Å². The molecule has 10 heteroatoms. The van der Waals surface area contributed by atoms with Crippen molar-refractivity contribution in [2.45, 2.75) is 45.8 Å². The SMILES string of the molecule is Cc1nc2c(F)cc(-c3cc(Nc4ncc(CN5CC6CCNC6C5)cn4)ncc3F)cc2n1C(C)C. The molecule has 4 aromatic rings. The number of nitrogens with zero attached hydrogens (tertiary/aromatic N) is 6. The molecule has 2 fully saturated rings. The quantitative estimate of drug-likeness (QED) is 0.397. The molecule has 2 N–H and O–H groups in total. The van der Waals surface area contributed by atoms with Crippen LogP contribution in [-0.4, -0.2) is 55.1 Å². The summed E-state index contributed by atoms with van der Waals surface area (Å²) in [5.74, 6) is 1.16. The van der Waals surface area contributed by atoms with Crippen molar-refractivity contribution >= 4 is 22.8 Å². The zero-order valence-corrected chi connectivity index (χ0v) is 21.2. The van der Waals surface area contributed by atoms with Gasteiger partial charge >= 0.3 is 0 Å². The van der Waals surface area contributed by atoms with Crippen molar-refractivity contribution in [1.29, 1.82) is 0 Å². The zero-order valence-electron chi connectivity index (χ0n) is 21.2. The minimum Gasteiger partial charge on any atom is -0.326 e. The second-order valence-corrected chi connectivity index (χ2v) is 10.3. The third-order valence-electron chi connectivity index (χ3n) is 7.40. The number of likely N-dealkylation sites (tertiary alicyclic amines) is 1. The van der Waals surface area contributed by atoms with E-state index in [0.29, 0.717) is 34.7 Å². The number of rotatable bonds is 6. The first-order chi connectivity index (χ1) is 17.9. The Balaban J connectivity index is 1.22. The lowest BCUT2D eigenvalue weighted by atomic mass is 10.0. The number of halogens is 2. The largest absolute Gasteiger partial charge is 0.326 e. The predicted molar refractivity (Wildman–Crippen MR) is 138 cm³/mol. The second kappa shape index (κ2) is 9.42. The average molecular weight is 505 g/mol. The molecule has 0 bridgehead atoms. The number of imidazole rings is 1. The van der Waals surface area contributed by atoms with Gasteiger partial charge in [0.1, 0.15) is 23.0 Å². The monoisotopic (exact) mass is 504 g/mol. The van der Waals surface area contributed by atoms with Crippen LogP contribution in [0.3, 0.4) is 0 Å². The predicted octanol–water partition coefficient (Wildman–Crippen LogP) is 4.59. The summed E-state index contributed by atoms with van der Waals surface area (Å²) in [6.45, 7) is 9.94. The van der Waals surface area contributed by atoms with E-state index < -0.39 is 11.6 Å². The van der Waals surface area contributed by atoms with Gasteiger partial charge in [0.15, 0.2) is 5.82 Å². The maximum Gasteiger partial charge on any atom is 0.228 e. The Kier molecular flexibility index (Phi) is 6.08. The summed E-state index contributed by atoms with van der Waals surface area (Å²) < 4.78 is 31.8. The normalized spacial score (nSPS) is 19.7. The van der Waals surface area contributed by atoms with E-state index >= 15 is 0 Å². The third-order valence-corrected chi connectivity index (χ3v) is 7.40. The van der Waals surface area contributed by atoms with E-state index in [4.69, 9.17) is 0 Å². The van der Waals surface area contributed by atoms with Gasteiger partial charge in [-0.3, -0.25) is 4.90 Å². The lowest BCUT2D eigenvalue weighted by Gasteiger charge is -2.16. The van der Waals surface area contributed by atoms with Crippen LogP contribution in [0.15, 0.2) is 36.8 Å². The Bertz CT molecular complexity index is 1440. The lowest BCUT2D eigenvalue weighted by molar-refractivity contribution is 0.306. The summed E-state index contributed by atoms with van der Waals surface area (Å²) >= 11 is 0. The molecule has 2 aliphatic rings. The van der Waals surface area contributed by atoms with E-state index in [9.17, 15) is 8.78 Å². The molecule has 1 aromatic carbocycles. The Morgan fingerprint density at radius 3 is 2.62 bits per heavy atom. The molecule has 2 unspecified atom stereocenters. The smallest absolute Gasteiger partial charge is 0.228 e. The van der Waals surface area contributed by atoms with Crippen molar-refractivity contribution in [2.75, 3.05) is 25.0 Å². The molecule has 2 atom stereocenters. The van der Waals surface area contributed by atoms with Crippen LogP contribution >= 0.6 is 0 Å². The number of aromatic nitrogens is 5. The number of hydrogen-bond acceptors (Lipinski definition) is 7. The molecule has 3 aromatic heterocycles. The first-order valence-corrected chi connectivity index (χ1v) is 12.7. The molecule has 0 saturated carbocycles. The molecule has 2 saturated heterocycles. The lowest BCUT2D eigenvalue weighted by Crippen LogP contribution is -2.29. The van der Waals surface area contributed by atoms with Gasteiger partial charge in [-0.25, -0.2) is 28.7 Å². The fourth-order valence-corrected chi connectivity index (χ4v) is 5.75. The highest BCUT2D eigenvalue weighted by atomic mass is 19.1. The molecule has 0 aliphatic carbocycles.